The van der Waals surface area contributed by atoms with Crippen LogP contribution in [0.3, 0.4) is 0 Å². The van der Waals surface area contributed by atoms with E-state index < -0.39 is 0 Å². The predicted octanol–water partition coefficient (Wildman–Crippen LogP) is 2.81. The zero-order chi connectivity index (χ0) is 21.3. The lowest BCUT2D eigenvalue weighted by Gasteiger charge is -2.48. The van der Waals surface area contributed by atoms with Gasteiger partial charge < -0.3 is 15.1 Å². The van der Waals surface area contributed by atoms with Crippen molar-refractivity contribution in [2.75, 3.05) is 46.8 Å². The number of likely N-dealkylation sites (N-methyl/N-ethyl adjacent to an activating group) is 1. The summed E-state index contributed by atoms with van der Waals surface area (Å²) in [6, 6.07) is 11.5. The van der Waals surface area contributed by atoms with Crippen molar-refractivity contribution in [3.05, 3.63) is 35.9 Å². The van der Waals surface area contributed by atoms with Gasteiger partial charge >= 0.3 is 0 Å². The Balaban J connectivity index is 1.64. The quantitative estimate of drug-likeness (QED) is 0.424. The summed E-state index contributed by atoms with van der Waals surface area (Å²) in [6.45, 7) is 7.61. The molecule has 166 valence electrons. The van der Waals surface area contributed by atoms with E-state index in [-0.39, 0.29) is 12.5 Å². The maximum absolute atomic E-state index is 12.1. The molecule has 2 aliphatic heterocycles. The lowest BCUT2D eigenvalue weighted by molar-refractivity contribution is -0.127. The molecule has 2 fully saturated rings. The molecule has 2 atom stereocenters. The summed E-state index contributed by atoms with van der Waals surface area (Å²) < 4.78 is 0. The number of fused-ring (bicyclic) bond motifs is 1. The van der Waals surface area contributed by atoms with Crippen molar-refractivity contribution < 1.29 is 4.79 Å². The molecule has 6 nitrogen and oxygen atoms in total. The molecule has 1 aromatic rings. The number of rotatable bonds is 7. The topological polar surface area (TPSA) is 51.2 Å². The van der Waals surface area contributed by atoms with E-state index in [1.165, 1.54) is 24.9 Å². The van der Waals surface area contributed by atoms with E-state index in [0.717, 1.165) is 51.4 Å². The smallest absolute Gasteiger partial charge is 0.243 e. The van der Waals surface area contributed by atoms with Gasteiger partial charge in [0, 0.05) is 46.3 Å². The molecule has 2 heterocycles. The van der Waals surface area contributed by atoms with E-state index in [9.17, 15) is 4.79 Å². The Morgan fingerprint density at radius 2 is 2.00 bits per heavy atom. The molecule has 0 radical (unpaired) electrons. The summed E-state index contributed by atoms with van der Waals surface area (Å²) in [6.07, 6.45) is 5.97. The van der Waals surface area contributed by atoms with Crippen LogP contribution in [0.2, 0.25) is 0 Å². The minimum atomic E-state index is 0.0476. The summed E-state index contributed by atoms with van der Waals surface area (Å²) in [5.41, 5.74) is 1.41. The Bertz CT molecular complexity index is 690. The Morgan fingerprint density at radius 1 is 1.20 bits per heavy atom. The predicted molar refractivity (Wildman–Crippen MR) is 123 cm³/mol. The van der Waals surface area contributed by atoms with Gasteiger partial charge in [0.1, 0.15) is 6.54 Å². The average Bonchev–Trinajstić information content (AvgIpc) is 2.76. The van der Waals surface area contributed by atoms with Crippen molar-refractivity contribution in [2.24, 2.45) is 10.9 Å². The number of aliphatic imine (C=N–C) groups is 1. The molecule has 0 spiro atoms. The van der Waals surface area contributed by atoms with Crippen molar-refractivity contribution in [3.8, 4) is 0 Å². The lowest BCUT2D eigenvalue weighted by atomic mass is 9.83. The second-order valence-corrected chi connectivity index (χ2v) is 8.87. The Labute approximate surface area is 182 Å². The average molecular weight is 414 g/mol. The first-order valence-electron chi connectivity index (χ1n) is 11.6. The van der Waals surface area contributed by atoms with Gasteiger partial charge in [-0.05, 0) is 43.7 Å². The van der Waals surface area contributed by atoms with Crippen molar-refractivity contribution in [1.29, 1.82) is 0 Å². The standard InChI is InChI=1S/C24H39N5O/c1-4-5-14-25-24(26-17-23(30)27(2)3)29-16-13-22-21(19-29)12-9-15-28(22)18-20-10-7-6-8-11-20/h6-8,10-11,21-22H,4-5,9,12-19H2,1-3H3,(H,25,26). The number of nitrogens with one attached hydrogen (secondary N) is 1. The highest BCUT2D eigenvalue weighted by Crippen LogP contribution is 2.31. The van der Waals surface area contributed by atoms with Crippen LogP contribution in [-0.2, 0) is 11.3 Å². The highest BCUT2D eigenvalue weighted by Gasteiger charge is 2.36. The first-order valence-corrected chi connectivity index (χ1v) is 11.6. The zero-order valence-corrected chi connectivity index (χ0v) is 19.0. The molecule has 0 saturated carbocycles. The van der Waals surface area contributed by atoms with Crippen LogP contribution in [0.4, 0.5) is 0 Å². The maximum atomic E-state index is 12.1. The Kier molecular flexibility index (Phi) is 8.55. The molecule has 1 amide bonds. The number of carbonyl (C=O) groups is 1. The molecule has 6 heteroatoms. The molecule has 1 N–H and O–H groups in total. The van der Waals surface area contributed by atoms with Crippen LogP contribution >= 0.6 is 0 Å². The molecule has 2 aliphatic rings. The van der Waals surface area contributed by atoms with Crippen molar-refractivity contribution in [3.63, 3.8) is 0 Å². The molecule has 2 unspecified atom stereocenters. The van der Waals surface area contributed by atoms with E-state index in [0.29, 0.717) is 12.0 Å². The lowest BCUT2D eigenvalue weighted by Crippen LogP contribution is -2.56. The zero-order valence-electron chi connectivity index (χ0n) is 19.0. The molecule has 2 saturated heterocycles. The molecular weight excluding hydrogens is 374 g/mol. The van der Waals surface area contributed by atoms with E-state index in [1.807, 2.05) is 0 Å². The minimum absolute atomic E-state index is 0.0476. The molecule has 0 aliphatic carbocycles. The highest BCUT2D eigenvalue weighted by atomic mass is 16.2. The van der Waals surface area contributed by atoms with Gasteiger partial charge in [-0.15, -0.1) is 0 Å². The second kappa shape index (κ2) is 11.3. The number of guanidine groups is 1. The molecule has 0 aromatic heterocycles. The van der Waals surface area contributed by atoms with Crippen LogP contribution in [-0.4, -0.2) is 79.4 Å². The summed E-state index contributed by atoms with van der Waals surface area (Å²) in [7, 11) is 3.58. The summed E-state index contributed by atoms with van der Waals surface area (Å²) in [5, 5.41) is 3.52. The molecule has 0 bridgehead atoms. The number of unbranched alkanes of at least 4 members (excludes halogenated alkanes) is 1. The SMILES string of the molecule is CCCCNC(=NCC(=O)N(C)C)N1CCC2C(CCCN2Cc2ccccc2)C1. The largest absolute Gasteiger partial charge is 0.356 e. The number of carbonyl (C=O) groups excluding carboxylic acids is 1. The molecule has 1 aromatic carbocycles. The monoisotopic (exact) mass is 413 g/mol. The molecular formula is C24H39N5O. The van der Waals surface area contributed by atoms with Gasteiger partial charge in [-0.25, -0.2) is 4.99 Å². The van der Waals surface area contributed by atoms with Gasteiger partial charge in [0.25, 0.3) is 0 Å². The fraction of sp³-hybridized carbons (Fsp3) is 0.667. The Hall–Kier alpha value is -2.08. The summed E-state index contributed by atoms with van der Waals surface area (Å²) in [4.78, 5) is 23.5. The van der Waals surface area contributed by atoms with Crippen molar-refractivity contribution in [2.45, 2.75) is 51.6 Å². The van der Waals surface area contributed by atoms with Crippen LogP contribution in [0.15, 0.2) is 35.3 Å². The first-order chi connectivity index (χ1) is 14.6. The van der Waals surface area contributed by atoms with Gasteiger partial charge in [0.05, 0.1) is 0 Å². The number of nitrogens with zero attached hydrogens (tertiary/aromatic N) is 4. The van der Waals surface area contributed by atoms with E-state index in [1.54, 1.807) is 19.0 Å². The van der Waals surface area contributed by atoms with Gasteiger partial charge in [0.15, 0.2) is 5.96 Å². The summed E-state index contributed by atoms with van der Waals surface area (Å²) >= 11 is 0. The number of piperidine rings is 2. The van der Waals surface area contributed by atoms with Crippen LogP contribution in [0.1, 0.15) is 44.6 Å². The van der Waals surface area contributed by atoms with Crippen LogP contribution in [0.5, 0.6) is 0 Å². The highest BCUT2D eigenvalue weighted by molar-refractivity contribution is 5.84. The van der Waals surface area contributed by atoms with Crippen LogP contribution in [0.25, 0.3) is 0 Å². The number of hydrogen-bond donors (Lipinski definition) is 1. The molecule has 3 rings (SSSR count). The fourth-order valence-electron chi connectivity index (χ4n) is 4.64. The van der Waals surface area contributed by atoms with Gasteiger partial charge in [-0.3, -0.25) is 9.69 Å². The maximum Gasteiger partial charge on any atom is 0.243 e. The fourth-order valence-corrected chi connectivity index (χ4v) is 4.64. The van der Waals surface area contributed by atoms with E-state index in [2.05, 4.69) is 52.4 Å². The normalized spacial score (nSPS) is 22.5. The van der Waals surface area contributed by atoms with E-state index >= 15 is 0 Å². The minimum Gasteiger partial charge on any atom is -0.356 e. The number of benzene rings is 1. The van der Waals surface area contributed by atoms with Gasteiger partial charge in [0.2, 0.25) is 5.91 Å². The van der Waals surface area contributed by atoms with Crippen molar-refractivity contribution >= 4 is 11.9 Å². The van der Waals surface area contributed by atoms with Gasteiger partial charge in [-0.2, -0.15) is 0 Å². The third-order valence-corrected chi connectivity index (χ3v) is 6.39. The van der Waals surface area contributed by atoms with Crippen LogP contribution < -0.4 is 5.32 Å². The van der Waals surface area contributed by atoms with Crippen LogP contribution in [0, 0.1) is 5.92 Å². The third-order valence-electron chi connectivity index (χ3n) is 6.39. The Morgan fingerprint density at radius 3 is 2.73 bits per heavy atom. The summed E-state index contributed by atoms with van der Waals surface area (Å²) in [5.74, 6) is 1.63. The second-order valence-electron chi connectivity index (χ2n) is 8.87. The van der Waals surface area contributed by atoms with Gasteiger partial charge in [-0.1, -0.05) is 43.7 Å². The van der Waals surface area contributed by atoms with Crippen molar-refractivity contribution in [1.82, 2.24) is 20.0 Å². The number of amides is 1. The number of hydrogen-bond acceptors (Lipinski definition) is 3. The number of likely N-dealkylation sites (tertiary alicyclic amines) is 2. The molecule has 30 heavy (non-hydrogen) atoms. The third kappa shape index (κ3) is 6.21. The van der Waals surface area contributed by atoms with E-state index in [4.69, 9.17) is 4.99 Å². The first kappa shape index (κ1) is 22.6.